The second kappa shape index (κ2) is 6.05. The number of halogens is 3. The van der Waals surface area contributed by atoms with E-state index in [1.165, 1.54) is 15.3 Å². The van der Waals surface area contributed by atoms with Crippen molar-refractivity contribution in [2.45, 2.75) is 19.6 Å². The zero-order chi connectivity index (χ0) is 19.3. The van der Waals surface area contributed by atoms with Gasteiger partial charge >= 0.3 is 11.9 Å². The number of aryl methyl sites for hydroxylation is 2. The van der Waals surface area contributed by atoms with Crippen LogP contribution in [0.4, 0.5) is 13.2 Å². The van der Waals surface area contributed by atoms with E-state index in [0.717, 1.165) is 6.07 Å². The lowest BCUT2D eigenvalue weighted by Crippen LogP contribution is -2.17. The maximum atomic E-state index is 12.9. The molecule has 0 atom stereocenters. The molecule has 0 amide bonds. The minimum Gasteiger partial charge on any atom is -0.290 e. The number of aromatic nitrogens is 6. The van der Waals surface area contributed by atoms with Gasteiger partial charge in [0.15, 0.2) is 5.65 Å². The van der Waals surface area contributed by atoms with Gasteiger partial charge in [0.1, 0.15) is 10.6 Å². The molecule has 0 unspecified atom stereocenters. The van der Waals surface area contributed by atoms with Crippen molar-refractivity contribution in [3.8, 4) is 10.4 Å². The van der Waals surface area contributed by atoms with Gasteiger partial charge in [-0.05, 0) is 25.1 Å². The highest BCUT2D eigenvalue weighted by Gasteiger charge is 2.32. The molecule has 0 aliphatic rings. The molecule has 4 heterocycles. The van der Waals surface area contributed by atoms with Gasteiger partial charge in [-0.25, -0.2) is 9.78 Å². The molecule has 0 aliphatic heterocycles. The van der Waals surface area contributed by atoms with Crippen molar-refractivity contribution in [3.05, 3.63) is 51.1 Å². The van der Waals surface area contributed by atoms with E-state index >= 15 is 0 Å². The molecular formula is C16H13F3N6OS. The van der Waals surface area contributed by atoms with Gasteiger partial charge in [0.2, 0.25) is 0 Å². The number of pyridine rings is 1. The number of fused-ring (bicyclic) bond motifs is 1. The lowest BCUT2D eigenvalue weighted by Gasteiger charge is -2.06. The topological polar surface area (TPSA) is 81.4 Å². The minimum atomic E-state index is -4.39. The fourth-order valence-corrected chi connectivity index (χ4v) is 3.78. The SMILES string of the molecule is Cc1nc2[nH]c(=O)n(Cc3cn(C)nn3)c2cc1-c1ccc(C(F)(F)F)s1. The fraction of sp³-hybridized carbons (Fsp3) is 0.250. The highest BCUT2D eigenvalue weighted by Crippen LogP contribution is 2.39. The van der Waals surface area contributed by atoms with Gasteiger partial charge in [-0.15, -0.1) is 16.4 Å². The molecule has 1 N–H and O–H groups in total. The normalized spacial score (nSPS) is 12.2. The van der Waals surface area contributed by atoms with Crippen molar-refractivity contribution in [2.24, 2.45) is 7.05 Å². The van der Waals surface area contributed by atoms with Gasteiger partial charge in [0, 0.05) is 29.4 Å². The van der Waals surface area contributed by atoms with Gasteiger partial charge in [0.05, 0.1) is 12.1 Å². The summed E-state index contributed by atoms with van der Waals surface area (Å²) in [6.07, 6.45) is -2.71. The first-order valence-electron chi connectivity index (χ1n) is 7.85. The van der Waals surface area contributed by atoms with Crippen LogP contribution < -0.4 is 5.69 Å². The predicted octanol–water partition coefficient (Wildman–Crippen LogP) is 2.96. The zero-order valence-electron chi connectivity index (χ0n) is 14.2. The summed E-state index contributed by atoms with van der Waals surface area (Å²) in [5.41, 5.74) is 2.16. The third-order valence-corrected chi connectivity index (χ3v) is 5.24. The molecule has 27 heavy (non-hydrogen) atoms. The maximum absolute atomic E-state index is 12.9. The van der Waals surface area contributed by atoms with Gasteiger partial charge in [0.25, 0.3) is 0 Å². The highest BCUT2D eigenvalue weighted by atomic mass is 32.1. The fourth-order valence-electron chi connectivity index (χ4n) is 2.84. The van der Waals surface area contributed by atoms with E-state index in [2.05, 4.69) is 20.3 Å². The second-order valence-electron chi connectivity index (χ2n) is 6.05. The van der Waals surface area contributed by atoms with Crippen molar-refractivity contribution < 1.29 is 13.2 Å². The van der Waals surface area contributed by atoms with E-state index in [4.69, 9.17) is 0 Å². The molecule has 0 aromatic carbocycles. The average molecular weight is 394 g/mol. The van der Waals surface area contributed by atoms with Crippen molar-refractivity contribution in [1.82, 2.24) is 29.5 Å². The van der Waals surface area contributed by atoms with Crippen LogP contribution >= 0.6 is 11.3 Å². The average Bonchev–Trinajstić information content (AvgIpc) is 3.27. The Morgan fingerprint density at radius 3 is 2.70 bits per heavy atom. The molecule has 0 aliphatic carbocycles. The van der Waals surface area contributed by atoms with Crippen LogP contribution in [0.5, 0.6) is 0 Å². The first kappa shape index (κ1) is 17.5. The van der Waals surface area contributed by atoms with Crippen LogP contribution in [0.1, 0.15) is 16.3 Å². The smallest absolute Gasteiger partial charge is 0.290 e. The number of nitrogens with zero attached hydrogens (tertiary/aromatic N) is 5. The van der Waals surface area contributed by atoms with Gasteiger partial charge in [-0.3, -0.25) is 14.2 Å². The number of thiophene rings is 1. The Hall–Kier alpha value is -2.95. The number of H-pyrrole nitrogens is 1. The van der Waals surface area contributed by atoms with E-state index < -0.39 is 11.1 Å². The van der Waals surface area contributed by atoms with E-state index in [0.29, 0.717) is 44.3 Å². The number of nitrogens with one attached hydrogen (secondary N) is 1. The van der Waals surface area contributed by atoms with Crippen molar-refractivity contribution >= 4 is 22.5 Å². The summed E-state index contributed by atoms with van der Waals surface area (Å²) in [5, 5.41) is 7.80. The number of aromatic amines is 1. The molecule has 140 valence electrons. The van der Waals surface area contributed by atoms with Crippen LogP contribution in [0.15, 0.2) is 29.2 Å². The van der Waals surface area contributed by atoms with Crippen LogP contribution in [0.25, 0.3) is 21.6 Å². The zero-order valence-corrected chi connectivity index (χ0v) is 15.0. The molecule has 0 bridgehead atoms. The summed E-state index contributed by atoms with van der Waals surface area (Å²) < 4.78 is 41.7. The predicted molar refractivity (Wildman–Crippen MR) is 93.5 cm³/mol. The third kappa shape index (κ3) is 3.14. The molecule has 4 rings (SSSR count). The molecule has 4 aromatic heterocycles. The van der Waals surface area contributed by atoms with E-state index in [-0.39, 0.29) is 12.2 Å². The van der Waals surface area contributed by atoms with E-state index in [9.17, 15) is 18.0 Å². The summed E-state index contributed by atoms with van der Waals surface area (Å²) in [5.74, 6) is 0. The quantitative estimate of drug-likeness (QED) is 0.579. The summed E-state index contributed by atoms with van der Waals surface area (Å²) in [4.78, 5) is 19.1. The van der Waals surface area contributed by atoms with E-state index in [1.807, 2.05) is 0 Å². The minimum absolute atomic E-state index is 0.176. The first-order valence-corrected chi connectivity index (χ1v) is 8.67. The Morgan fingerprint density at radius 2 is 2.07 bits per heavy atom. The summed E-state index contributed by atoms with van der Waals surface area (Å²) >= 11 is 0.647. The first-order chi connectivity index (χ1) is 12.7. The van der Waals surface area contributed by atoms with Gasteiger partial charge < -0.3 is 0 Å². The summed E-state index contributed by atoms with van der Waals surface area (Å²) in [7, 11) is 1.71. The molecular weight excluding hydrogens is 381 g/mol. The van der Waals surface area contributed by atoms with Crippen LogP contribution in [-0.2, 0) is 19.8 Å². The Balaban J connectivity index is 1.83. The number of alkyl halides is 3. The van der Waals surface area contributed by atoms with Crippen LogP contribution in [0.3, 0.4) is 0 Å². The third-order valence-electron chi connectivity index (χ3n) is 4.08. The summed E-state index contributed by atoms with van der Waals surface area (Å²) in [6, 6.07) is 4.15. The summed E-state index contributed by atoms with van der Waals surface area (Å²) in [6.45, 7) is 1.87. The Kier molecular flexibility index (Phi) is 3.91. The molecule has 0 saturated carbocycles. The molecule has 7 nitrogen and oxygen atoms in total. The molecule has 4 aromatic rings. The Labute approximate surface area is 154 Å². The lowest BCUT2D eigenvalue weighted by atomic mass is 10.1. The molecule has 0 saturated heterocycles. The van der Waals surface area contributed by atoms with Crippen molar-refractivity contribution in [2.75, 3.05) is 0 Å². The maximum Gasteiger partial charge on any atom is 0.425 e. The largest absolute Gasteiger partial charge is 0.425 e. The Morgan fingerprint density at radius 1 is 1.30 bits per heavy atom. The molecule has 0 radical (unpaired) electrons. The standard InChI is InChI=1S/C16H13F3N6OS/c1-8-10(12-3-4-13(27-12)16(17,18)19)5-11-14(20-8)21-15(26)25(11)7-9-6-24(2)23-22-9/h3-6H,7H2,1-2H3,(H,20,21,26). The second-order valence-corrected chi connectivity index (χ2v) is 7.13. The monoisotopic (exact) mass is 394 g/mol. The van der Waals surface area contributed by atoms with Crippen LogP contribution in [0.2, 0.25) is 0 Å². The van der Waals surface area contributed by atoms with Crippen LogP contribution in [-0.4, -0.2) is 29.5 Å². The molecule has 0 spiro atoms. The molecule has 0 fully saturated rings. The molecule has 11 heteroatoms. The number of hydrogen-bond donors (Lipinski definition) is 1. The highest BCUT2D eigenvalue weighted by molar-refractivity contribution is 7.15. The van der Waals surface area contributed by atoms with Crippen LogP contribution in [0, 0.1) is 6.92 Å². The number of hydrogen-bond acceptors (Lipinski definition) is 5. The lowest BCUT2D eigenvalue weighted by molar-refractivity contribution is -0.134. The van der Waals surface area contributed by atoms with Gasteiger partial charge in [-0.2, -0.15) is 13.2 Å². The van der Waals surface area contributed by atoms with E-state index in [1.54, 1.807) is 26.2 Å². The van der Waals surface area contributed by atoms with Crippen molar-refractivity contribution in [3.63, 3.8) is 0 Å². The van der Waals surface area contributed by atoms with Gasteiger partial charge in [-0.1, -0.05) is 5.21 Å². The Bertz CT molecular complexity index is 1200. The van der Waals surface area contributed by atoms with Crippen molar-refractivity contribution in [1.29, 1.82) is 0 Å². The number of rotatable bonds is 3. The number of imidazole rings is 1.